The number of fused-ring (bicyclic) bond motifs is 1. The van der Waals surface area contributed by atoms with Crippen LogP contribution in [0.2, 0.25) is 0 Å². The fraction of sp³-hybridized carbons (Fsp3) is 0.200. The van der Waals surface area contributed by atoms with Crippen LogP contribution in [0.5, 0.6) is 0 Å². The number of carbonyl (C=O) groups excluding carboxylic acids is 1. The van der Waals surface area contributed by atoms with Gasteiger partial charge in [0, 0.05) is 10.4 Å². The van der Waals surface area contributed by atoms with Gasteiger partial charge < -0.3 is 5.11 Å². The van der Waals surface area contributed by atoms with Gasteiger partial charge in [0.2, 0.25) is 5.78 Å². The molecule has 4 heteroatoms. The van der Waals surface area contributed by atoms with Crippen LogP contribution in [-0.4, -0.2) is 16.9 Å². The fourth-order valence-corrected chi connectivity index (χ4v) is 3.67. The van der Waals surface area contributed by atoms with E-state index in [9.17, 15) is 9.59 Å². The van der Waals surface area contributed by atoms with Crippen molar-refractivity contribution in [2.75, 3.05) is 0 Å². The predicted octanol–water partition coefficient (Wildman–Crippen LogP) is 3.09. The van der Waals surface area contributed by atoms with Gasteiger partial charge >= 0.3 is 5.97 Å². The molecule has 0 fully saturated rings. The second-order valence-electron chi connectivity index (χ2n) is 4.61. The lowest BCUT2D eigenvalue weighted by Gasteiger charge is -2.02. The first kappa shape index (κ1) is 12.1. The molecule has 0 saturated carbocycles. The second-order valence-corrected chi connectivity index (χ2v) is 5.75. The molecule has 0 radical (unpaired) electrons. The molecule has 19 heavy (non-hydrogen) atoms. The molecule has 1 aliphatic rings. The van der Waals surface area contributed by atoms with Crippen molar-refractivity contribution >= 4 is 23.1 Å². The molecular weight excluding hydrogens is 260 g/mol. The van der Waals surface area contributed by atoms with Gasteiger partial charge in [-0.25, -0.2) is 0 Å². The standard InChI is InChI=1S/C15H12O3S/c16-14(9-4-2-1-3-5-9)13-8-11-10(15(17)18)6-7-12(11)19-13/h1-5,8,10H,6-7H2,(H,17,18). The van der Waals surface area contributed by atoms with Crippen molar-refractivity contribution in [2.45, 2.75) is 18.8 Å². The first-order valence-electron chi connectivity index (χ1n) is 6.12. The average molecular weight is 272 g/mol. The Kier molecular flexibility index (Phi) is 2.95. The Morgan fingerprint density at radius 3 is 2.63 bits per heavy atom. The summed E-state index contributed by atoms with van der Waals surface area (Å²) in [4.78, 5) is 25.1. The smallest absolute Gasteiger partial charge is 0.311 e. The van der Waals surface area contributed by atoms with E-state index >= 15 is 0 Å². The third-order valence-corrected chi connectivity index (χ3v) is 4.64. The number of hydrogen-bond acceptors (Lipinski definition) is 3. The molecule has 1 aliphatic carbocycles. The maximum absolute atomic E-state index is 12.3. The zero-order chi connectivity index (χ0) is 13.4. The number of carboxylic acid groups (broad SMARTS) is 1. The maximum Gasteiger partial charge on any atom is 0.311 e. The zero-order valence-corrected chi connectivity index (χ0v) is 10.9. The van der Waals surface area contributed by atoms with Gasteiger partial charge in [-0.1, -0.05) is 30.3 Å². The molecule has 96 valence electrons. The van der Waals surface area contributed by atoms with Crippen molar-refractivity contribution in [1.29, 1.82) is 0 Å². The summed E-state index contributed by atoms with van der Waals surface area (Å²) in [7, 11) is 0. The Hall–Kier alpha value is -1.94. The Balaban J connectivity index is 1.95. The van der Waals surface area contributed by atoms with Crippen LogP contribution in [0.4, 0.5) is 0 Å². The number of carboxylic acids is 1. The molecule has 1 atom stereocenters. The number of rotatable bonds is 3. The largest absolute Gasteiger partial charge is 0.481 e. The minimum Gasteiger partial charge on any atom is -0.481 e. The number of hydrogen-bond donors (Lipinski definition) is 1. The highest BCUT2D eigenvalue weighted by Gasteiger charge is 2.31. The SMILES string of the molecule is O=C(c1ccccc1)c1cc2c(s1)CCC2C(=O)O. The molecule has 0 spiro atoms. The first-order chi connectivity index (χ1) is 9.16. The average Bonchev–Trinajstić information content (AvgIpc) is 2.98. The quantitative estimate of drug-likeness (QED) is 0.873. The minimum atomic E-state index is -0.796. The van der Waals surface area contributed by atoms with Crippen molar-refractivity contribution in [3.05, 3.63) is 57.3 Å². The van der Waals surface area contributed by atoms with Crippen molar-refractivity contribution in [2.24, 2.45) is 0 Å². The molecule has 3 rings (SSSR count). The topological polar surface area (TPSA) is 54.4 Å². The molecule has 0 bridgehead atoms. The van der Waals surface area contributed by atoms with Crippen molar-refractivity contribution in [3.63, 3.8) is 0 Å². The molecule has 0 amide bonds. The van der Waals surface area contributed by atoms with Gasteiger partial charge in [-0.3, -0.25) is 9.59 Å². The van der Waals surface area contributed by atoms with E-state index in [-0.39, 0.29) is 5.78 Å². The molecule has 2 aromatic rings. The summed E-state index contributed by atoms with van der Waals surface area (Å²) in [6.45, 7) is 0. The molecule has 1 unspecified atom stereocenters. The fourth-order valence-electron chi connectivity index (χ4n) is 2.46. The number of carbonyl (C=O) groups is 2. The van der Waals surface area contributed by atoms with E-state index < -0.39 is 11.9 Å². The van der Waals surface area contributed by atoms with Crippen molar-refractivity contribution in [3.8, 4) is 0 Å². The van der Waals surface area contributed by atoms with E-state index in [2.05, 4.69) is 0 Å². The van der Waals surface area contributed by atoms with Gasteiger partial charge in [0.25, 0.3) is 0 Å². The van der Waals surface area contributed by atoms with E-state index in [4.69, 9.17) is 5.11 Å². The molecule has 0 saturated heterocycles. The van der Waals surface area contributed by atoms with Crippen LogP contribution in [0.3, 0.4) is 0 Å². The third kappa shape index (κ3) is 2.08. The van der Waals surface area contributed by atoms with Crippen molar-refractivity contribution < 1.29 is 14.7 Å². The second kappa shape index (κ2) is 4.63. The minimum absolute atomic E-state index is 0.0239. The van der Waals surface area contributed by atoms with Gasteiger partial charge in [0.15, 0.2) is 0 Å². The van der Waals surface area contributed by atoms with Crippen LogP contribution in [0.1, 0.15) is 38.0 Å². The lowest BCUT2D eigenvalue weighted by Crippen LogP contribution is -2.07. The van der Waals surface area contributed by atoms with Crippen LogP contribution < -0.4 is 0 Å². The summed E-state index contributed by atoms with van der Waals surface area (Å²) in [5.74, 6) is -1.26. The van der Waals surface area contributed by atoms with Gasteiger partial charge in [0.1, 0.15) is 0 Å². The lowest BCUT2D eigenvalue weighted by molar-refractivity contribution is -0.138. The predicted molar refractivity (Wildman–Crippen MR) is 72.9 cm³/mol. The number of aryl methyl sites for hydroxylation is 1. The normalized spacial score (nSPS) is 17.2. The van der Waals surface area contributed by atoms with Crippen LogP contribution in [-0.2, 0) is 11.2 Å². The van der Waals surface area contributed by atoms with Crippen LogP contribution in [0, 0.1) is 0 Å². The highest BCUT2D eigenvalue weighted by Crippen LogP contribution is 2.39. The third-order valence-electron chi connectivity index (χ3n) is 3.44. The summed E-state index contributed by atoms with van der Waals surface area (Å²) in [5.41, 5.74) is 1.48. The summed E-state index contributed by atoms with van der Waals surface area (Å²) >= 11 is 1.43. The van der Waals surface area contributed by atoms with Crippen molar-refractivity contribution in [1.82, 2.24) is 0 Å². The van der Waals surface area contributed by atoms with E-state index in [0.29, 0.717) is 16.9 Å². The number of aliphatic carboxylic acids is 1. The molecular formula is C15H12O3S. The molecule has 1 aromatic heterocycles. The highest BCUT2D eigenvalue weighted by molar-refractivity contribution is 7.14. The molecule has 0 aliphatic heterocycles. The molecule has 1 N–H and O–H groups in total. The first-order valence-corrected chi connectivity index (χ1v) is 6.93. The zero-order valence-electron chi connectivity index (χ0n) is 10.1. The molecule has 1 heterocycles. The Bertz CT molecular complexity index is 643. The Morgan fingerprint density at radius 1 is 1.21 bits per heavy atom. The molecule has 1 aromatic carbocycles. The summed E-state index contributed by atoms with van der Waals surface area (Å²) < 4.78 is 0. The van der Waals surface area contributed by atoms with Crippen LogP contribution in [0.25, 0.3) is 0 Å². The summed E-state index contributed by atoms with van der Waals surface area (Å²) in [5, 5.41) is 9.14. The van der Waals surface area contributed by atoms with E-state index in [1.165, 1.54) is 11.3 Å². The number of benzene rings is 1. The lowest BCUT2D eigenvalue weighted by atomic mass is 10.0. The van der Waals surface area contributed by atoms with Crippen LogP contribution >= 0.6 is 11.3 Å². The van der Waals surface area contributed by atoms with E-state index in [1.54, 1.807) is 18.2 Å². The van der Waals surface area contributed by atoms with E-state index in [1.807, 2.05) is 18.2 Å². The van der Waals surface area contributed by atoms with Gasteiger partial charge in [0.05, 0.1) is 10.8 Å². The van der Waals surface area contributed by atoms with Crippen LogP contribution in [0.15, 0.2) is 36.4 Å². The monoisotopic (exact) mass is 272 g/mol. The van der Waals surface area contributed by atoms with E-state index in [0.717, 1.165) is 16.9 Å². The Morgan fingerprint density at radius 2 is 1.95 bits per heavy atom. The number of thiophene rings is 1. The summed E-state index contributed by atoms with van der Waals surface area (Å²) in [6.07, 6.45) is 1.41. The maximum atomic E-state index is 12.3. The van der Waals surface area contributed by atoms with Gasteiger partial charge in [-0.05, 0) is 24.5 Å². The Labute approximate surface area is 114 Å². The van der Waals surface area contributed by atoms with Gasteiger partial charge in [-0.15, -0.1) is 11.3 Å². The van der Waals surface area contributed by atoms with Gasteiger partial charge in [-0.2, -0.15) is 0 Å². The molecule has 3 nitrogen and oxygen atoms in total. The summed E-state index contributed by atoms with van der Waals surface area (Å²) in [6, 6.07) is 10.8. The number of ketones is 1. The highest BCUT2D eigenvalue weighted by atomic mass is 32.1.